The second-order valence-corrected chi connectivity index (χ2v) is 3.60. The van der Waals surface area contributed by atoms with Gasteiger partial charge < -0.3 is 9.84 Å². The zero-order valence-electron chi connectivity index (χ0n) is 9.77. The molecule has 0 aromatic heterocycles. The number of ether oxygens (including phenoxy) is 1. The predicted molar refractivity (Wildman–Crippen MR) is 63.9 cm³/mol. The molecule has 0 amide bonds. The minimum atomic E-state index is -0.411. The lowest BCUT2D eigenvalue weighted by Gasteiger charge is -2.02. The maximum absolute atomic E-state index is 11.3. The molecule has 1 aromatic carbocycles. The summed E-state index contributed by atoms with van der Waals surface area (Å²) in [6.07, 6.45) is 0.865. The average molecular weight is 234 g/mol. The molecule has 1 rings (SSSR count). The lowest BCUT2D eigenvalue weighted by Crippen LogP contribution is -2.01. The van der Waals surface area contributed by atoms with Gasteiger partial charge in [-0.3, -0.25) is 9.59 Å². The van der Waals surface area contributed by atoms with Gasteiger partial charge in [-0.05, 0) is 31.2 Å². The number of aliphatic hydroxyl groups excluding tert-OH is 1. The predicted octanol–water partition coefficient (Wildman–Crippen LogP) is 2.14. The van der Waals surface area contributed by atoms with Crippen LogP contribution in [0.1, 0.15) is 18.9 Å². The van der Waals surface area contributed by atoms with E-state index >= 15 is 0 Å². The summed E-state index contributed by atoms with van der Waals surface area (Å²) in [5, 5.41) is 9.66. The third kappa shape index (κ3) is 4.10. The van der Waals surface area contributed by atoms with E-state index < -0.39 is 5.78 Å². The number of allylic oxidation sites excluding steroid dienone is 1. The zero-order chi connectivity index (χ0) is 12.8. The number of carbonyl (C=O) groups is 2. The molecule has 0 bridgehead atoms. The Labute approximate surface area is 99.5 Å². The van der Waals surface area contributed by atoms with Crippen molar-refractivity contribution in [1.82, 2.24) is 0 Å². The molecular weight excluding hydrogens is 220 g/mol. The first-order valence-electron chi connectivity index (χ1n) is 5.10. The quantitative estimate of drug-likeness (QED) is 0.481. The lowest BCUT2D eigenvalue weighted by atomic mass is 10.1. The maximum Gasteiger partial charge on any atom is 0.166 e. The van der Waals surface area contributed by atoms with Crippen LogP contribution >= 0.6 is 0 Å². The van der Waals surface area contributed by atoms with Crippen LogP contribution in [0.15, 0.2) is 30.3 Å². The van der Waals surface area contributed by atoms with E-state index in [2.05, 4.69) is 0 Å². The van der Waals surface area contributed by atoms with Crippen LogP contribution in [0.3, 0.4) is 0 Å². The van der Waals surface area contributed by atoms with E-state index in [4.69, 9.17) is 4.74 Å². The SMILES string of the molecule is COc1ccc(/C(O)=C/C(=O)CC(C)=O)cc1. The van der Waals surface area contributed by atoms with Crippen LogP contribution in [0.5, 0.6) is 5.75 Å². The molecule has 1 aromatic rings. The van der Waals surface area contributed by atoms with Gasteiger partial charge in [0, 0.05) is 11.6 Å². The number of ketones is 2. The molecule has 0 aliphatic carbocycles. The minimum Gasteiger partial charge on any atom is -0.507 e. The van der Waals surface area contributed by atoms with Crippen LogP contribution < -0.4 is 4.74 Å². The topological polar surface area (TPSA) is 63.6 Å². The molecule has 0 unspecified atom stereocenters. The normalized spacial score (nSPS) is 11.1. The summed E-state index contributed by atoms with van der Waals surface area (Å²) in [5.41, 5.74) is 0.503. The van der Waals surface area contributed by atoms with Gasteiger partial charge >= 0.3 is 0 Å². The van der Waals surface area contributed by atoms with Crippen LogP contribution in [-0.2, 0) is 9.59 Å². The van der Waals surface area contributed by atoms with E-state index in [0.29, 0.717) is 11.3 Å². The fourth-order valence-corrected chi connectivity index (χ4v) is 1.29. The van der Waals surface area contributed by atoms with Gasteiger partial charge in [-0.1, -0.05) is 0 Å². The van der Waals surface area contributed by atoms with Gasteiger partial charge in [-0.2, -0.15) is 0 Å². The Morgan fingerprint density at radius 1 is 1.29 bits per heavy atom. The molecule has 90 valence electrons. The first kappa shape index (κ1) is 13.0. The minimum absolute atomic E-state index is 0.154. The molecule has 0 fully saturated rings. The fourth-order valence-electron chi connectivity index (χ4n) is 1.29. The lowest BCUT2D eigenvalue weighted by molar-refractivity contribution is -0.123. The number of hydrogen-bond donors (Lipinski definition) is 1. The van der Waals surface area contributed by atoms with Gasteiger partial charge in [-0.25, -0.2) is 0 Å². The Balaban J connectivity index is 2.80. The number of Topliss-reactive ketones (excluding diaryl/α,β-unsaturated/α-hetero) is 1. The molecule has 0 atom stereocenters. The molecule has 17 heavy (non-hydrogen) atoms. The summed E-state index contributed by atoms with van der Waals surface area (Å²) in [5.74, 6) is -0.130. The molecule has 1 N–H and O–H groups in total. The number of hydrogen-bond acceptors (Lipinski definition) is 4. The molecule has 0 aliphatic rings. The fraction of sp³-hybridized carbons (Fsp3) is 0.231. The van der Waals surface area contributed by atoms with E-state index in [1.165, 1.54) is 6.92 Å². The number of carbonyl (C=O) groups excluding carboxylic acids is 2. The Morgan fingerprint density at radius 2 is 1.88 bits per heavy atom. The summed E-state index contributed by atoms with van der Waals surface area (Å²) in [4.78, 5) is 22.0. The Kier molecular flexibility index (Phi) is 4.46. The van der Waals surface area contributed by atoms with Crippen molar-refractivity contribution >= 4 is 17.3 Å². The molecule has 0 saturated carbocycles. The molecule has 0 aliphatic heterocycles. The highest BCUT2D eigenvalue weighted by molar-refractivity contribution is 6.06. The highest BCUT2D eigenvalue weighted by Gasteiger charge is 2.06. The second-order valence-electron chi connectivity index (χ2n) is 3.60. The van der Waals surface area contributed by atoms with Gasteiger partial charge in [0.15, 0.2) is 5.78 Å². The molecule has 0 spiro atoms. The van der Waals surface area contributed by atoms with Crippen molar-refractivity contribution in [3.8, 4) is 5.75 Å². The Bertz CT molecular complexity index is 443. The van der Waals surface area contributed by atoms with Gasteiger partial charge in [-0.15, -0.1) is 0 Å². The number of aliphatic hydroxyl groups is 1. The van der Waals surface area contributed by atoms with E-state index in [1.54, 1.807) is 31.4 Å². The third-order valence-electron chi connectivity index (χ3n) is 2.11. The monoisotopic (exact) mass is 234 g/mol. The van der Waals surface area contributed by atoms with E-state index in [0.717, 1.165) is 6.08 Å². The number of rotatable bonds is 5. The molecule has 0 saturated heterocycles. The highest BCUT2D eigenvalue weighted by Crippen LogP contribution is 2.16. The van der Waals surface area contributed by atoms with E-state index in [9.17, 15) is 14.7 Å². The van der Waals surface area contributed by atoms with Crippen molar-refractivity contribution in [1.29, 1.82) is 0 Å². The van der Waals surface area contributed by atoms with Crippen LogP contribution in [0.2, 0.25) is 0 Å². The Morgan fingerprint density at radius 3 is 2.35 bits per heavy atom. The van der Waals surface area contributed by atoms with Crippen molar-refractivity contribution in [3.63, 3.8) is 0 Å². The molecule has 0 radical (unpaired) electrons. The Hall–Kier alpha value is -2.10. The van der Waals surface area contributed by atoms with Gasteiger partial charge in [0.1, 0.15) is 17.3 Å². The van der Waals surface area contributed by atoms with Crippen molar-refractivity contribution in [3.05, 3.63) is 35.9 Å². The third-order valence-corrected chi connectivity index (χ3v) is 2.11. The van der Waals surface area contributed by atoms with Gasteiger partial charge in [0.05, 0.1) is 13.5 Å². The van der Waals surface area contributed by atoms with Crippen molar-refractivity contribution in [2.45, 2.75) is 13.3 Å². The summed E-state index contributed by atoms with van der Waals surface area (Å²) in [6.45, 7) is 1.33. The van der Waals surface area contributed by atoms with Crippen LogP contribution in [0.25, 0.3) is 5.76 Å². The molecule has 4 nitrogen and oxygen atoms in total. The van der Waals surface area contributed by atoms with Gasteiger partial charge in [0.25, 0.3) is 0 Å². The summed E-state index contributed by atoms with van der Waals surface area (Å²) < 4.78 is 4.97. The smallest absolute Gasteiger partial charge is 0.166 e. The second kappa shape index (κ2) is 5.84. The maximum atomic E-state index is 11.3. The zero-order valence-corrected chi connectivity index (χ0v) is 9.77. The summed E-state index contributed by atoms with van der Waals surface area (Å²) >= 11 is 0. The van der Waals surface area contributed by atoms with E-state index in [1.807, 2.05) is 0 Å². The van der Waals surface area contributed by atoms with Crippen LogP contribution in [-0.4, -0.2) is 23.8 Å². The van der Waals surface area contributed by atoms with Crippen LogP contribution in [0.4, 0.5) is 0 Å². The number of benzene rings is 1. The summed E-state index contributed by atoms with van der Waals surface area (Å²) in [7, 11) is 1.54. The summed E-state index contributed by atoms with van der Waals surface area (Å²) in [6, 6.07) is 6.61. The van der Waals surface area contributed by atoms with Crippen molar-refractivity contribution in [2.75, 3.05) is 7.11 Å². The first-order valence-corrected chi connectivity index (χ1v) is 5.10. The van der Waals surface area contributed by atoms with E-state index in [-0.39, 0.29) is 18.0 Å². The first-order chi connectivity index (χ1) is 8.02. The molecule has 4 heteroatoms. The average Bonchev–Trinajstić information content (AvgIpc) is 2.28. The van der Waals surface area contributed by atoms with Crippen molar-refractivity contribution in [2.24, 2.45) is 0 Å². The van der Waals surface area contributed by atoms with Crippen molar-refractivity contribution < 1.29 is 19.4 Å². The largest absolute Gasteiger partial charge is 0.507 e. The molecular formula is C13H14O4. The standard InChI is InChI=1S/C13H14O4/c1-9(14)7-11(15)8-13(16)10-3-5-12(17-2)6-4-10/h3-6,8,16H,7H2,1-2H3/b13-8-. The highest BCUT2D eigenvalue weighted by atomic mass is 16.5. The van der Waals surface area contributed by atoms with Crippen LogP contribution in [0, 0.1) is 0 Å². The number of methoxy groups -OCH3 is 1. The molecule has 0 heterocycles. The van der Waals surface area contributed by atoms with Gasteiger partial charge in [0.2, 0.25) is 0 Å².